The van der Waals surface area contributed by atoms with Gasteiger partial charge in [-0.05, 0) is 24.3 Å². The van der Waals surface area contributed by atoms with Crippen LogP contribution in [0.25, 0.3) is 5.65 Å². The number of aromatic nitrogens is 2. The average molecular weight is 269 g/mol. The smallest absolute Gasteiger partial charge is 0.161 e. The van der Waals surface area contributed by atoms with Crippen LogP contribution < -0.4 is 15.2 Å². The van der Waals surface area contributed by atoms with Gasteiger partial charge in [0.1, 0.15) is 6.61 Å². The summed E-state index contributed by atoms with van der Waals surface area (Å²) in [4.78, 5) is 4.30. The molecule has 0 amide bonds. The van der Waals surface area contributed by atoms with Gasteiger partial charge in [0.25, 0.3) is 0 Å². The summed E-state index contributed by atoms with van der Waals surface area (Å²) in [5.41, 5.74) is 8.20. The average Bonchev–Trinajstić information content (AvgIpc) is 2.90. The van der Waals surface area contributed by atoms with Gasteiger partial charge >= 0.3 is 0 Å². The maximum Gasteiger partial charge on any atom is 0.161 e. The Kier molecular flexibility index (Phi) is 3.16. The van der Waals surface area contributed by atoms with Gasteiger partial charge in [0.05, 0.1) is 24.7 Å². The number of benzene rings is 1. The lowest BCUT2D eigenvalue weighted by Crippen LogP contribution is -2.01. The zero-order valence-electron chi connectivity index (χ0n) is 11.1. The third-order valence-electron chi connectivity index (χ3n) is 3.09. The second kappa shape index (κ2) is 5.13. The molecule has 102 valence electrons. The molecule has 0 fully saturated rings. The van der Waals surface area contributed by atoms with Crippen molar-refractivity contribution >= 4 is 11.3 Å². The van der Waals surface area contributed by atoms with E-state index in [0.717, 1.165) is 11.3 Å². The van der Waals surface area contributed by atoms with Crippen molar-refractivity contribution in [1.29, 1.82) is 0 Å². The predicted octanol–water partition coefficient (Wildman–Crippen LogP) is 2.50. The van der Waals surface area contributed by atoms with Crippen molar-refractivity contribution in [2.24, 2.45) is 0 Å². The first kappa shape index (κ1) is 12.3. The minimum Gasteiger partial charge on any atom is -0.493 e. The maximum absolute atomic E-state index is 5.88. The van der Waals surface area contributed by atoms with Gasteiger partial charge in [0.2, 0.25) is 0 Å². The second-order valence-electron chi connectivity index (χ2n) is 4.35. The standard InChI is InChI=1S/C15H15N3O2/c1-19-13-6-2-3-7-14(13)20-10-11-9-17-15-12(16)5-4-8-18(11)15/h2-9H,10,16H2,1H3. The molecule has 5 nitrogen and oxygen atoms in total. The van der Waals surface area contributed by atoms with Crippen LogP contribution >= 0.6 is 0 Å². The Morgan fingerprint density at radius 1 is 1.15 bits per heavy atom. The largest absolute Gasteiger partial charge is 0.493 e. The van der Waals surface area contributed by atoms with Crippen molar-refractivity contribution < 1.29 is 9.47 Å². The number of fused-ring (bicyclic) bond motifs is 1. The van der Waals surface area contributed by atoms with E-state index in [4.69, 9.17) is 15.2 Å². The third kappa shape index (κ3) is 2.14. The number of methoxy groups -OCH3 is 1. The molecule has 0 unspecified atom stereocenters. The van der Waals surface area contributed by atoms with Gasteiger partial charge in [0.15, 0.2) is 17.1 Å². The Morgan fingerprint density at radius 2 is 1.95 bits per heavy atom. The van der Waals surface area contributed by atoms with Crippen molar-refractivity contribution in [3.63, 3.8) is 0 Å². The highest BCUT2D eigenvalue weighted by atomic mass is 16.5. The van der Waals surface area contributed by atoms with Gasteiger partial charge in [-0.1, -0.05) is 12.1 Å². The minimum absolute atomic E-state index is 0.394. The van der Waals surface area contributed by atoms with E-state index < -0.39 is 0 Å². The van der Waals surface area contributed by atoms with Crippen LogP contribution in [0.5, 0.6) is 11.5 Å². The van der Waals surface area contributed by atoms with Crippen LogP contribution in [-0.2, 0) is 6.61 Å². The van der Waals surface area contributed by atoms with Crippen molar-refractivity contribution in [3.8, 4) is 11.5 Å². The summed E-state index contributed by atoms with van der Waals surface area (Å²) >= 11 is 0. The first-order valence-corrected chi connectivity index (χ1v) is 6.26. The molecule has 0 aliphatic carbocycles. The van der Waals surface area contributed by atoms with E-state index in [-0.39, 0.29) is 0 Å². The molecule has 0 aliphatic rings. The fourth-order valence-corrected chi connectivity index (χ4v) is 2.08. The molecule has 0 bridgehead atoms. The van der Waals surface area contributed by atoms with E-state index in [1.54, 1.807) is 13.3 Å². The fourth-order valence-electron chi connectivity index (χ4n) is 2.08. The number of hydrogen-bond acceptors (Lipinski definition) is 4. The zero-order valence-corrected chi connectivity index (χ0v) is 11.1. The molecule has 2 heterocycles. The van der Waals surface area contributed by atoms with E-state index in [1.165, 1.54) is 0 Å². The normalized spacial score (nSPS) is 10.7. The number of nitrogen functional groups attached to an aromatic ring is 1. The first-order chi connectivity index (χ1) is 9.79. The lowest BCUT2D eigenvalue weighted by atomic mass is 10.3. The summed E-state index contributed by atoms with van der Waals surface area (Å²) in [7, 11) is 1.62. The molecule has 0 saturated heterocycles. The van der Waals surface area contributed by atoms with Crippen LogP contribution in [0.2, 0.25) is 0 Å². The minimum atomic E-state index is 0.394. The molecule has 0 spiro atoms. The highest BCUT2D eigenvalue weighted by Gasteiger charge is 2.08. The number of imidazole rings is 1. The van der Waals surface area contributed by atoms with Crippen LogP contribution in [0.3, 0.4) is 0 Å². The molecule has 20 heavy (non-hydrogen) atoms. The molecule has 5 heteroatoms. The quantitative estimate of drug-likeness (QED) is 0.790. The molecule has 0 saturated carbocycles. The SMILES string of the molecule is COc1ccccc1OCc1cnc2c(N)cccn12. The number of rotatable bonds is 4. The van der Waals surface area contributed by atoms with Crippen LogP contribution in [0.15, 0.2) is 48.8 Å². The summed E-state index contributed by atoms with van der Waals surface area (Å²) in [6, 6.07) is 11.3. The number of nitrogens with two attached hydrogens (primary N) is 1. The lowest BCUT2D eigenvalue weighted by Gasteiger charge is -2.10. The van der Waals surface area contributed by atoms with E-state index in [0.29, 0.717) is 23.8 Å². The monoisotopic (exact) mass is 269 g/mol. The molecule has 3 aromatic rings. The van der Waals surface area contributed by atoms with Gasteiger partial charge in [-0.15, -0.1) is 0 Å². The van der Waals surface area contributed by atoms with Crippen LogP contribution in [0.1, 0.15) is 5.69 Å². The number of pyridine rings is 1. The molecular weight excluding hydrogens is 254 g/mol. The van der Waals surface area contributed by atoms with E-state index in [1.807, 2.05) is 47.0 Å². The van der Waals surface area contributed by atoms with Crippen molar-refractivity contribution in [3.05, 3.63) is 54.5 Å². The molecular formula is C15H15N3O2. The summed E-state index contributed by atoms with van der Waals surface area (Å²) in [5.74, 6) is 1.41. The topological polar surface area (TPSA) is 61.8 Å². The summed E-state index contributed by atoms with van der Waals surface area (Å²) in [6.07, 6.45) is 3.68. The molecule has 0 atom stereocenters. The van der Waals surface area contributed by atoms with Crippen molar-refractivity contribution in [2.45, 2.75) is 6.61 Å². The summed E-state index contributed by atoms with van der Waals surface area (Å²) in [5, 5.41) is 0. The lowest BCUT2D eigenvalue weighted by molar-refractivity contribution is 0.280. The number of ether oxygens (including phenoxy) is 2. The first-order valence-electron chi connectivity index (χ1n) is 6.26. The predicted molar refractivity (Wildman–Crippen MR) is 76.9 cm³/mol. The van der Waals surface area contributed by atoms with Gasteiger partial charge in [-0.2, -0.15) is 0 Å². The van der Waals surface area contributed by atoms with E-state index in [9.17, 15) is 0 Å². The third-order valence-corrected chi connectivity index (χ3v) is 3.09. The van der Waals surface area contributed by atoms with Crippen molar-refractivity contribution in [2.75, 3.05) is 12.8 Å². The Hall–Kier alpha value is -2.69. The fraction of sp³-hybridized carbons (Fsp3) is 0.133. The summed E-state index contributed by atoms with van der Waals surface area (Å²) in [6.45, 7) is 0.394. The molecule has 1 aromatic carbocycles. The molecule has 2 N–H and O–H groups in total. The van der Waals surface area contributed by atoms with Crippen LogP contribution in [0.4, 0.5) is 5.69 Å². The molecule has 3 rings (SSSR count). The Labute approximate surface area is 116 Å². The maximum atomic E-state index is 5.88. The Balaban J connectivity index is 1.85. The number of para-hydroxylation sites is 2. The van der Waals surface area contributed by atoms with Gasteiger partial charge < -0.3 is 15.2 Å². The highest BCUT2D eigenvalue weighted by molar-refractivity contribution is 5.64. The van der Waals surface area contributed by atoms with E-state index >= 15 is 0 Å². The highest BCUT2D eigenvalue weighted by Crippen LogP contribution is 2.26. The number of hydrogen-bond donors (Lipinski definition) is 1. The Bertz CT molecular complexity index is 737. The molecule has 0 aliphatic heterocycles. The Morgan fingerprint density at radius 3 is 2.75 bits per heavy atom. The van der Waals surface area contributed by atoms with Gasteiger partial charge in [0, 0.05) is 6.20 Å². The van der Waals surface area contributed by atoms with Gasteiger partial charge in [-0.3, -0.25) is 4.40 Å². The zero-order chi connectivity index (χ0) is 13.9. The molecule has 2 aromatic heterocycles. The van der Waals surface area contributed by atoms with Crippen LogP contribution in [0, 0.1) is 0 Å². The summed E-state index contributed by atoms with van der Waals surface area (Å²) < 4.78 is 13.0. The second-order valence-corrected chi connectivity index (χ2v) is 4.35. The van der Waals surface area contributed by atoms with Crippen molar-refractivity contribution in [1.82, 2.24) is 9.38 Å². The van der Waals surface area contributed by atoms with Crippen LogP contribution in [-0.4, -0.2) is 16.5 Å². The van der Waals surface area contributed by atoms with E-state index in [2.05, 4.69) is 4.98 Å². The number of nitrogens with zero attached hydrogens (tertiary/aromatic N) is 2. The molecule has 0 radical (unpaired) electrons. The van der Waals surface area contributed by atoms with Gasteiger partial charge in [-0.25, -0.2) is 4.98 Å². The number of anilines is 1.